The van der Waals surface area contributed by atoms with Gasteiger partial charge in [-0.25, -0.2) is 0 Å². The molecule has 0 saturated carbocycles. The van der Waals surface area contributed by atoms with E-state index in [0.717, 1.165) is 10.3 Å². The van der Waals surface area contributed by atoms with E-state index in [-0.39, 0.29) is 5.91 Å². The molecule has 1 amide bonds. The van der Waals surface area contributed by atoms with E-state index < -0.39 is 5.41 Å². The molecule has 1 heterocycles. The van der Waals surface area contributed by atoms with Gasteiger partial charge < -0.3 is 5.32 Å². The van der Waals surface area contributed by atoms with Gasteiger partial charge >= 0.3 is 0 Å². The molecule has 1 N–H and O–H groups in total. The fourth-order valence-corrected chi connectivity index (χ4v) is 1.90. The minimum atomic E-state index is -0.567. The van der Waals surface area contributed by atoms with E-state index in [1.165, 1.54) is 0 Å². The fraction of sp³-hybridized carbons (Fsp3) is 0.556. The van der Waals surface area contributed by atoms with E-state index in [9.17, 15) is 4.79 Å². The lowest BCUT2D eigenvalue weighted by Crippen LogP contribution is -2.39. The van der Waals surface area contributed by atoms with Gasteiger partial charge in [0.15, 0.2) is 0 Å². The zero-order valence-corrected chi connectivity index (χ0v) is 10.3. The van der Waals surface area contributed by atoms with Crippen LogP contribution >= 0.6 is 15.9 Å². The van der Waals surface area contributed by atoms with Gasteiger partial charge in [-0.05, 0) is 35.8 Å². The SMILES string of the molecule is CNC(=O)C(C)(C)c1cc(Br)nn1C. The van der Waals surface area contributed by atoms with E-state index in [1.54, 1.807) is 11.7 Å². The molecule has 4 nitrogen and oxygen atoms in total. The van der Waals surface area contributed by atoms with E-state index in [1.807, 2.05) is 27.0 Å². The number of likely N-dealkylation sites (N-methyl/N-ethyl adjacent to an activating group) is 1. The van der Waals surface area contributed by atoms with Crippen molar-refractivity contribution in [3.63, 3.8) is 0 Å². The molecule has 0 fully saturated rings. The summed E-state index contributed by atoms with van der Waals surface area (Å²) in [6.45, 7) is 3.74. The van der Waals surface area contributed by atoms with Crippen LogP contribution in [0.3, 0.4) is 0 Å². The lowest BCUT2D eigenvalue weighted by molar-refractivity contribution is -0.125. The summed E-state index contributed by atoms with van der Waals surface area (Å²) in [5.41, 5.74) is 0.312. The minimum absolute atomic E-state index is 0.0204. The Morgan fingerprint density at radius 2 is 2.21 bits per heavy atom. The Bertz CT molecular complexity index is 357. The van der Waals surface area contributed by atoms with Gasteiger partial charge in [0.05, 0.1) is 11.1 Å². The van der Waals surface area contributed by atoms with Gasteiger partial charge in [-0.15, -0.1) is 0 Å². The third-order valence-corrected chi connectivity index (χ3v) is 2.67. The van der Waals surface area contributed by atoms with Crippen LogP contribution in [0, 0.1) is 0 Å². The molecule has 0 bridgehead atoms. The molecule has 1 rings (SSSR count). The van der Waals surface area contributed by atoms with E-state index in [0.29, 0.717) is 0 Å². The van der Waals surface area contributed by atoms with Crippen molar-refractivity contribution in [3.8, 4) is 0 Å². The number of halogens is 1. The number of rotatable bonds is 2. The first-order valence-electron chi connectivity index (χ1n) is 4.31. The maximum atomic E-state index is 11.6. The van der Waals surface area contributed by atoms with Crippen molar-refractivity contribution < 1.29 is 4.79 Å². The van der Waals surface area contributed by atoms with Gasteiger partial charge in [0, 0.05) is 14.1 Å². The first-order valence-corrected chi connectivity index (χ1v) is 5.11. The lowest BCUT2D eigenvalue weighted by Gasteiger charge is -2.22. The number of carbonyl (C=O) groups excluding carboxylic acids is 1. The zero-order chi connectivity index (χ0) is 10.9. The Morgan fingerprint density at radius 3 is 2.57 bits per heavy atom. The van der Waals surface area contributed by atoms with Crippen LogP contribution in [-0.4, -0.2) is 22.7 Å². The second kappa shape index (κ2) is 3.73. The number of nitrogens with one attached hydrogen (secondary N) is 1. The summed E-state index contributed by atoms with van der Waals surface area (Å²) < 4.78 is 2.45. The summed E-state index contributed by atoms with van der Waals surface area (Å²) in [5, 5.41) is 6.79. The van der Waals surface area contributed by atoms with Gasteiger partial charge in [-0.2, -0.15) is 5.10 Å². The Balaban J connectivity index is 3.15. The summed E-state index contributed by atoms with van der Waals surface area (Å²) >= 11 is 3.28. The third kappa shape index (κ3) is 1.82. The summed E-state index contributed by atoms with van der Waals surface area (Å²) in [6, 6.07) is 1.86. The molecule has 1 aromatic heterocycles. The van der Waals surface area contributed by atoms with Crippen LogP contribution < -0.4 is 5.32 Å². The first-order chi connectivity index (χ1) is 6.39. The predicted octanol–water partition coefficient (Wildman–Crippen LogP) is 1.21. The standard InChI is InChI=1S/C9H14BrN3O/c1-9(2,8(14)11-3)6-5-7(10)12-13(6)4/h5H,1-4H3,(H,11,14). The molecule has 0 unspecified atom stereocenters. The quantitative estimate of drug-likeness (QED) is 0.868. The monoisotopic (exact) mass is 259 g/mol. The molecule has 0 spiro atoms. The van der Waals surface area contributed by atoms with Gasteiger partial charge in [0.25, 0.3) is 0 Å². The molecule has 0 aromatic carbocycles. The smallest absolute Gasteiger partial charge is 0.231 e. The van der Waals surface area contributed by atoms with E-state index >= 15 is 0 Å². The average Bonchev–Trinajstić information content (AvgIpc) is 2.44. The number of amides is 1. The lowest BCUT2D eigenvalue weighted by atomic mass is 9.88. The van der Waals surface area contributed by atoms with Crippen molar-refractivity contribution >= 4 is 21.8 Å². The van der Waals surface area contributed by atoms with Gasteiger partial charge in [-0.1, -0.05) is 0 Å². The minimum Gasteiger partial charge on any atom is -0.358 e. The molecule has 0 aliphatic rings. The maximum absolute atomic E-state index is 11.6. The Morgan fingerprint density at radius 1 is 1.64 bits per heavy atom. The molecular weight excluding hydrogens is 246 g/mol. The summed E-state index contributed by atoms with van der Waals surface area (Å²) in [6.07, 6.45) is 0. The number of aromatic nitrogens is 2. The second-order valence-electron chi connectivity index (χ2n) is 3.68. The van der Waals surface area contributed by atoms with Crippen molar-refractivity contribution in [1.82, 2.24) is 15.1 Å². The van der Waals surface area contributed by atoms with Crippen LogP contribution in [0.1, 0.15) is 19.5 Å². The van der Waals surface area contributed by atoms with Crippen LogP contribution in [0.4, 0.5) is 0 Å². The molecule has 5 heteroatoms. The van der Waals surface area contributed by atoms with Gasteiger partial charge in [0.2, 0.25) is 5.91 Å². The van der Waals surface area contributed by atoms with E-state index in [4.69, 9.17) is 0 Å². The highest BCUT2D eigenvalue weighted by atomic mass is 79.9. The van der Waals surface area contributed by atoms with Crippen molar-refractivity contribution in [3.05, 3.63) is 16.4 Å². The number of nitrogens with zero attached hydrogens (tertiary/aromatic N) is 2. The third-order valence-electron chi connectivity index (χ3n) is 2.29. The van der Waals surface area contributed by atoms with Crippen LogP contribution in [0.15, 0.2) is 10.7 Å². The van der Waals surface area contributed by atoms with Crippen LogP contribution in [0.2, 0.25) is 0 Å². The first kappa shape index (κ1) is 11.2. The fourth-order valence-electron chi connectivity index (χ4n) is 1.45. The zero-order valence-electron chi connectivity index (χ0n) is 8.76. The van der Waals surface area contributed by atoms with Gasteiger partial charge in [0.1, 0.15) is 4.60 Å². The normalized spacial score (nSPS) is 11.5. The number of aryl methyl sites for hydroxylation is 1. The molecule has 0 aliphatic heterocycles. The second-order valence-corrected chi connectivity index (χ2v) is 4.49. The summed E-state index contributed by atoms with van der Waals surface area (Å²) in [5.74, 6) is -0.0204. The summed E-state index contributed by atoms with van der Waals surface area (Å²) in [7, 11) is 3.46. The number of carbonyl (C=O) groups is 1. The number of hydrogen-bond donors (Lipinski definition) is 1. The topological polar surface area (TPSA) is 46.9 Å². The van der Waals surface area contributed by atoms with Crippen molar-refractivity contribution in [2.75, 3.05) is 7.05 Å². The van der Waals surface area contributed by atoms with Crippen molar-refractivity contribution in [2.24, 2.45) is 7.05 Å². The molecule has 78 valence electrons. The molecule has 0 aliphatic carbocycles. The summed E-state index contributed by atoms with van der Waals surface area (Å²) in [4.78, 5) is 11.6. The highest BCUT2D eigenvalue weighted by Crippen LogP contribution is 2.25. The largest absolute Gasteiger partial charge is 0.358 e. The molecule has 14 heavy (non-hydrogen) atoms. The average molecular weight is 260 g/mol. The van der Waals surface area contributed by atoms with E-state index in [2.05, 4.69) is 26.3 Å². The Kier molecular flexibility index (Phi) is 2.99. The van der Waals surface area contributed by atoms with Crippen LogP contribution in [0.5, 0.6) is 0 Å². The molecule has 0 atom stereocenters. The maximum Gasteiger partial charge on any atom is 0.231 e. The molecule has 0 radical (unpaired) electrons. The molecular formula is C9H14BrN3O. The Labute approximate surface area is 91.8 Å². The molecule has 0 saturated heterocycles. The van der Waals surface area contributed by atoms with Gasteiger partial charge in [-0.3, -0.25) is 9.48 Å². The van der Waals surface area contributed by atoms with Crippen LogP contribution in [-0.2, 0) is 17.3 Å². The van der Waals surface area contributed by atoms with Crippen LogP contribution in [0.25, 0.3) is 0 Å². The van der Waals surface area contributed by atoms with Crippen molar-refractivity contribution in [1.29, 1.82) is 0 Å². The Hall–Kier alpha value is -0.840. The predicted molar refractivity (Wildman–Crippen MR) is 58.0 cm³/mol. The highest BCUT2D eigenvalue weighted by Gasteiger charge is 2.32. The number of hydrogen-bond acceptors (Lipinski definition) is 2. The molecule has 1 aromatic rings. The highest BCUT2D eigenvalue weighted by molar-refractivity contribution is 9.10. The van der Waals surface area contributed by atoms with Crippen molar-refractivity contribution in [2.45, 2.75) is 19.3 Å².